The van der Waals surface area contributed by atoms with Crippen LogP contribution in [0.3, 0.4) is 0 Å². The summed E-state index contributed by atoms with van der Waals surface area (Å²) in [4.78, 5) is 17.4. The van der Waals surface area contributed by atoms with Crippen molar-refractivity contribution in [1.82, 2.24) is 24.4 Å². The number of aryl methyl sites for hydroxylation is 1. The van der Waals surface area contributed by atoms with Crippen molar-refractivity contribution < 1.29 is 4.74 Å². The summed E-state index contributed by atoms with van der Waals surface area (Å²) in [5, 5.41) is 0. The van der Waals surface area contributed by atoms with Crippen LogP contribution in [0, 0.1) is 0 Å². The quantitative estimate of drug-likeness (QED) is 0.834. The van der Waals surface area contributed by atoms with Crippen molar-refractivity contribution in [2.45, 2.75) is 12.6 Å². The van der Waals surface area contributed by atoms with Gasteiger partial charge in [-0.2, -0.15) is 0 Å². The molecule has 0 amide bonds. The van der Waals surface area contributed by atoms with E-state index in [1.54, 1.807) is 12.4 Å². The first-order chi connectivity index (χ1) is 10.6. The molecule has 7 heteroatoms. The molecule has 0 radical (unpaired) electrons. The average molecular weight is 302 g/mol. The van der Waals surface area contributed by atoms with Crippen LogP contribution in [0.25, 0.3) is 0 Å². The molecule has 7 nitrogen and oxygen atoms in total. The summed E-state index contributed by atoms with van der Waals surface area (Å²) in [5.74, 6) is 0.870. The van der Waals surface area contributed by atoms with Crippen LogP contribution in [0.1, 0.15) is 17.5 Å². The normalized spacial score (nSPS) is 19.3. The molecule has 1 atom stereocenters. The predicted octanol–water partition coefficient (Wildman–Crippen LogP) is 0.850. The van der Waals surface area contributed by atoms with Gasteiger partial charge in [0.15, 0.2) is 5.82 Å². The van der Waals surface area contributed by atoms with E-state index in [2.05, 4.69) is 24.4 Å². The van der Waals surface area contributed by atoms with Gasteiger partial charge in [0.25, 0.3) is 0 Å². The molecule has 1 aliphatic heterocycles. The summed E-state index contributed by atoms with van der Waals surface area (Å²) in [7, 11) is 5.97. The summed E-state index contributed by atoms with van der Waals surface area (Å²) < 4.78 is 7.99. The Morgan fingerprint density at radius 2 is 2.14 bits per heavy atom. The highest BCUT2D eigenvalue weighted by Gasteiger charge is 2.26. The Kier molecular flexibility index (Phi) is 4.35. The largest absolute Gasteiger partial charge is 0.369 e. The second-order valence-corrected chi connectivity index (χ2v) is 5.75. The lowest BCUT2D eigenvalue weighted by Crippen LogP contribution is -2.39. The zero-order valence-corrected chi connectivity index (χ0v) is 13.3. The van der Waals surface area contributed by atoms with E-state index in [0.717, 1.165) is 31.1 Å². The van der Waals surface area contributed by atoms with Crippen molar-refractivity contribution in [2.24, 2.45) is 7.05 Å². The van der Waals surface area contributed by atoms with Crippen molar-refractivity contribution in [3.05, 3.63) is 36.3 Å². The number of rotatable bonds is 4. The predicted molar refractivity (Wildman–Crippen MR) is 83.5 cm³/mol. The molecule has 0 aliphatic carbocycles. The molecule has 3 heterocycles. The zero-order chi connectivity index (χ0) is 15.5. The molecule has 22 heavy (non-hydrogen) atoms. The first-order valence-electron chi connectivity index (χ1n) is 7.42. The van der Waals surface area contributed by atoms with E-state index < -0.39 is 0 Å². The molecule has 1 saturated heterocycles. The molecule has 0 spiro atoms. The van der Waals surface area contributed by atoms with Crippen molar-refractivity contribution in [3.8, 4) is 0 Å². The molecule has 0 N–H and O–H groups in total. The van der Waals surface area contributed by atoms with Gasteiger partial charge in [0.1, 0.15) is 11.8 Å². The lowest BCUT2D eigenvalue weighted by atomic mass is 10.2. The summed E-state index contributed by atoms with van der Waals surface area (Å²) in [6, 6.07) is 0. The SMILES string of the molecule is CN(C)c1nccnc1[C@H]1CN(Cc2cncn2C)CCO1. The molecule has 0 saturated carbocycles. The standard InChI is InChI=1S/C15H22N6O/c1-19(2)15-14(17-4-5-18-15)13-10-21(6-7-22-13)9-12-8-16-11-20(12)3/h4-5,8,11,13H,6-7,9-10H2,1-3H3/t13-/m1/s1. The maximum atomic E-state index is 5.94. The van der Waals surface area contributed by atoms with E-state index in [1.807, 2.05) is 38.6 Å². The third kappa shape index (κ3) is 3.10. The van der Waals surface area contributed by atoms with Gasteiger partial charge in [-0.25, -0.2) is 9.97 Å². The van der Waals surface area contributed by atoms with Crippen LogP contribution in [0.15, 0.2) is 24.9 Å². The number of nitrogens with zero attached hydrogens (tertiary/aromatic N) is 6. The Bertz CT molecular complexity index is 626. The van der Waals surface area contributed by atoms with Crippen LogP contribution < -0.4 is 4.90 Å². The van der Waals surface area contributed by atoms with Crippen LogP contribution in [0.4, 0.5) is 5.82 Å². The fourth-order valence-electron chi connectivity index (χ4n) is 2.69. The minimum Gasteiger partial charge on any atom is -0.369 e. The molecule has 3 rings (SSSR count). The summed E-state index contributed by atoms with van der Waals surface area (Å²) in [6.07, 6.45) is 7.15. The van der Waals surface area contributed by atoms with E-state index in [0.29, 0.717) is 6.61 Å². The zero-order valence-electron chi connectivity index (χ0n) is 13.3. The van der Waals surface area contributed by atoms with Gasteiger partial charge in [0, 0.05) is 59.4 Å². The van der Waals surface area contributed by atoms with E-state index in [4.69, 9.17) is 4.74 Å². The van der Waals surface area contributed by atoms with E-state index in [9.17, 15) is 0 Å². The molecule has 118 valence electrons. The Hall–Kier alpha value is -1.99. The minimum atomic E-state index is -0.0481. The Morgan fingerprint density at radius 3 is 2.86 bits per heavy atom. The highest BCUT2D eigenvalue weighted by atomic mass is 16.5. The van der Waals surface area contributed by atoms with Crippen molar-refractivity contribution in [1.29, 1.82) is 0 Å². The van der Waals surface area contributed by atoms with Crippen LogP contribution >= 0.6 is 0 Å². The van der Waals surface area contributed by atoms with E-state index in [1.165, 1.54) is 5.69 Å². The van der Waals surface area contributed by atoms with Gasteiger partial charge in [-0.3, -0.25) is 9.88 Å². The van der Waals surface area contributed by atoms with Crippen LogP contribution in [-0.4, -0.2) is 58.2 Å². The fourth-order valence-corrected chi connectivity index (χ4v) is 2.69. The Labute approximate surface area is 130 Å². The lowest BCUT2D eigenvalue weighted by molar-refractivity contribution is -0.0354. The molecule has 1 fully saturated rings. The van der Waals surface area contributed by atoms with Gasteiger partial charge in [0.2, 0.25) is 0 Å². The molecule has 0 unspecified atom stereocenters. The first-order valence-corrected chi connectivity index (χ1v) is 7.42. The molecule has 2 aromatic heterocycles. The van der Waals surface area contributed by atoms with Gasteiger partial charge >= 0.3 is 0 Å². The lowest BCUT2D eigenvalue weighted by Gasteiger charge is -2.33. The topological polar surface area (TPSA) is 59.3 Å². The third-order valence-electron chi connectivity index (χ3n) is 3.89. The molecular weight excluding hydrogens is 280 g/mol. The second-order valence-electron chi connectivity index (χ2n) is 5.75. The van der Waals surface area contributed by atoms with Gasteiger partial charge in [-0.1, -0.05) is 0 Å². The molecule has 0 aromatic carbocycles. The van der Waals surface area contributed by atoms with Crippen molar-refractivity contribution >= 4 is 5.82 Å². The van der Waals surface area contributed by atoms with Crippen molar-refractivity contribution in [2.75, 3.05) is 38.7 Å². The average Bonchev–Trinajstić information content (AvgIpc) is 2.93. The van der Waals surface area contributed by atoms with E-state index >= 15 is 0 Å². The highest BCUT2D eigenvalue weighted by molar-refractivity contribution is 5.42. The molecule has 1 aliphatic rings. The maximum absolute atomic E-state index is 5.94. The summed E-state index contributed by atoms with van der Waals surface area (Å²) >= 11 is 0. The van der Waals surface area contributed by atoms with Gasteiger partial charge in [-0.15, -0.1) is 0 Å². The summed E-state index contributed by atoms with van der Waals surface area (Å²) in [6.45, 7) is 3.30. The van der Waals surface area contributed by atoms with Gasteiger partial charge < -0.3 is 14.2 Å². The number of hydrogen-bond acceptors (Lipinski definition) is 6. The van der Waals surface area contributed by atoms with E-state index in [-0.39, 0.29) is 6.10 Å². The molecular formula is C15H22N6O. The number of ether oxygens (including phenoxy) is 1. The Morgan fingerprint density at radius 1 is 1.32 bits per heavy atom. The highest BCUT2D eigenvalue weighted by Crippen LogP contribution is 2.27. The molecule has 2 aromatic rings. The Balaban J connectivity index is 1.75. The number of anilines is 1. The first kappa shape index (κ1) is 14.9. The minimum absolute atomic E-state index is 0.0481. The van der Waals surface area contributed by atoms with Gasteiger partial charge in [0.05, 0.1) is 18.6 Å². The van der Waals surface area contributed by atoms with Crippen molar-refractivity contribution in [3.63, 3.8) is 0 Å². The van der Waals surface area contributed by atoms with Crippen LogP contribution in [0.2, 0.25) is 0 Å². The van der Waals surface area contributed by atoms with Gasteiger partial charge in [-0.05, 0) is 0 Å². The summed E-state index contributed by atoms with van der Waals surface area (Å²) in [5.41, 5.74) is 2.11. The smallest absolute Gasteiger partial charge is 0.152 e. The fraction of sp³-hybridized carbons (Fsp3) is 0.533. The third-order valence-corrected chi connectivity index (χ3v) is 3.89. The second kappa shape index (κ2) is 6.41. The number of aromatic nitrogens is 4. The monoisotopic (exact) mass is 302 g/mol. The number of imidazole rings is 1. The van der Waals surface area contributed by atoms with Crippen LogP contribution in [-0.2, 0) is 18.3 Å². The number of morpholine rings is 1. The maximum Gasteiger partial charge on any atom is 0.152 e. The van der Waals surface area contributed by atoms with Crippen LogP contribution in [0.5, 0.6) is 0 Å². The molecule has 0 bridgehead atoms. The number of hydrogen-bond donors (Lipinski definition) is 0.